The number of hydrogen-bond donors (Lipinski definition) is 1. The van der Waals surface area contributed by atoms with E-state index in [0.29, 0.717) is 10.6 Å². The molecule has 178 valence electrons. The Morgan fingerprint density at radius 1 is 1.00 bits per heavy atom. The molecule has 0 radical (unpaired) electrons. The molecule has 2 heterocycles. The van der Waals surface area contributed by atoms with E-state index in [1.54, 1.807) is 30.3 Å². The Balaban J connectivity index is 1.59. The van der Waals surface area contributed by atoms with E-state index >= 15 is 0 Å². The minimum atomic E-state index is -1.03. The Morgan fingerprint density at radius 2 is 1.74 bits per heavy atom. The zero-order valence-electron chi connectivity index (χ0n) is 18.5. The number of hydrazine groups is 1. The van der Waals surface area contributed by atoms with Gasteiger partial charge < -0.3 is 0 Å². The first-order valence-electron chi connectivity index (χ1n) is 11.1. The number of nitrogens with one attached hydrogen (secondary N) is 1. The fourth-order valence-corrected chi connectivity index (χ4v) is 5.57. The molecule has 9 heteroatoms. The monoisotopic (exact) mass is 571 g/mol. The normalized spacial score (nSPS) is 21.5. The van der Waals surface area contributed by atoms with Crippen LogP contribution >= 0.6 is 39.1 Å². The third-order valence-corrected chi connectivity index (χ3v) is 7.45. The summed E-state index contributed by atoms with van der Waals surface area (Å²) < 4.78 is 0.731. The van der Waals surface area contributed by atoms with E-state index < -0.39 is 35.7 Å². The first-order valence-corrected chi connectivity index (χ1v) is 12.6. The van der Waals surface area contributed by atoms with Crippen LogP contribution < -0.4 is 10.3 Å². The van der Waals surface area contributed by atoms with E-state index in [0.717, 1.165) is 26.9 Å². The van der Waals surface area contributed by atoms with E-state index in [-0.39, 0.29) is 10.7 Å². The number of amides is 3. The molecule has 35 heavy (non-hydrogen) atoms. The summed E-state index contributed by atoms with van der Waals surface area (Å²) >= 11 is 15.8. The van der Waals surface area contributed by atoms with Gasteiger partial charge in [0, 0.05) is 15.1 Å². The van der Waals surface area contributed by atoms with Gasteiger partial charge in [0.1, 0.15) is 6.04 Å². The van der Waals surface area contributed by atoms with Crippen molar-refractivity contribution in [3.05, 3.63) is 97.9 Å². The van der Waals surface area contributed by atoms with Crippen molar-refractivity contribution in [2.75, 3.05) is 4.90 Å². The highest BCUT2D eigenvalue weighted by Crippen LogP contribution is 2.44. The van der Waals surface area contributed by atoms with Crippen LogP contribution in [0.2, 0.25) is 10.0 Å². The summed E-state index contributed by atoms with van der Waals surface area (Å²) in [6, 6.07) is 17.7. The topological polar surface area (TPSA) is 69.7 Å². The molecule has 3 aromatic carbocycles. The standard InChI is InChI=1S/C26H20BrCl2N3O3/c1-2-14-6-8-15(9-7-14)22-21-23(32(30-22)24(33)16-4-3-5-17(27)12-16)26(35)31(25(21)34)20-11-10-18(28)13-19(20)29/h3-13,21-23,30H,2H2,1H3. The number of halogens is 3. The van der Waals surface area contributed by atoms with Gasteiger partial charge in [-0.25, -0.2) is 10.3 Å². The van der Waals surface area contributed by atoms with E-state index in [9.17, 15) is 14.4 Å². The maximum atomic E-state index is 13.7. The van der Waals surface area contributed by atoms with Crippen molar-refractivity contribution in [1.82, 2.24) is 10.4 Å². The van der Waals surface area contributed by atoms with Crippen LogP contribution in [0.25, 0.3) is 0 Å². The number of anilines is 1. The molecule has 2 fully saturated rings. The van der Waals surface area contributed by atoms with Crippen molar-refractivity contribution in [3.63, 3.8) is 0 Å². The van der Waals surface area contributed by atoms with Crippen LogP contribution in [-0.4, -0.2) is 28.8 Å². The van der Waals surface area contributed by atoms with Gasteiger partial charge in [0.15, 0.2) is 0 Å². The predicted molar refractivity (Wildman–Crippen MR) is 138 cm³/mol. The first kappa shape index (κ1) is 24.0. The van der Waals surface area contributed by atoms with Crippen LogP contribution in [0.3, 0.4) is 0 Å². The van der Waals surface area contributed by atoms with Gasteiger partial charge in [-0.05, 0) is 53.9 Å². The number of hydrogen-bond acceptors (Lipinski definition) is 4. The molecule has 0 spiro atoms. The molecule has 6 nitrogen and oxygen atoms in total. The van der Waals surface area contributed by atoms with Crippen LogP contribution in [0.15, 0.2) is 71.2 Å². The number of rotatable bonds is 4. The van der Waals surface area contributed by atoms with E-state index in [1.807, 2.05) is 30.3 Å². The SMILES string of the molecule is CCc1ccc(C2NN(C(=O)c3cccc(Br)c3)C3C(=O)N(c4ccc(Cl)cc4Cl)C(=O)C23)cc1. The second kappa shape index (κ2) is 9.39. The van der Waals surface area contributed by atoms with Crippen molar-refractivity contribution in [2.24, 2.45) is 5.92 Å². The Morgan fingerprint density at radius 3 is 2.40 bits per heavy atom. The fourth-order valence-electron chi connectivity index (χ4n) is 4.67. The maximum Gasteiger partial charge on any atom is 0.268 e. The lowest BCUT2D eigenvalue weighted by Crippen LogP contribution is -2.48. The van der Waals surface area contributed by atoms with Gasteiger partial charge in [-0.1, -0.05) is 76.4 Å². The molecule has 3 atom stereocenters. The summed E-state index contributed by atoms with van der Waals surface area (Å²) in [7, 11) is 0. The lowest BCUT2D eigenvalue weighted by atomic mass is 9.90. The summed E-state index contributed by atoms with van der Waals surface area (Å²) in [5.41, 5.74) is 5.76. The largest absolute Gasteiger partial charge is 0.274 e. The molecule has 3 amide bonds. The zero-order valence-corrected chi connectivity index (χ0v) is 21.6. The average molecular weight is 573 g/mol. The van der Waals surface area contributed by atoms with Gasteiger partial charge in [-0.3, -0.25) is 19.4 Å². The van der Waals surface area contributed by atoms with Gasteiger partial charge in [-0.2, -0.15) is 0 Å². The van der Waals surface area contributed by atoms with Crippen LogP contribution in [0.1, 0.15) is 34.5 Å². The van der Waals surface area contributed by atoms with Crippen molar-refractivity contribution < 1.29 is 14.4 Å². The van der Waals surface area contributed by atoms with Crippen LogP contribution in [0.4, 0.5) is 5.69 Å². The number of nitrogens with zero attached hydrogens (tertiary/aromatic N) is 2. The molecule has 0 bridgehead atoms. The summed E-state index contributed by atoms with van der Waals surface area (Å²) in [6.07, 6.45) is 0.873. The van der Waals surface area contributed by atoms with Crippen molar-refractivity contribution in [3.8, 4) is 0 Å². The number of benzene rings is 3. The molecule has 2 saturated heterocycles. The molecular formula is C26H20BrCl2N3O3. The van der Waals surface area contributed by atoms with E-state index in [1.165, 1.54) is 11.1 Å². The van der Waals surface area contributed by atoms with Crippen LogP contribution in [0, 0.1) is 5.92 Å². The van der Waals surface area contributed by atoms with Gasteiger partial charge in [0.2, 0.25) is 5.91 Å². The number of carbonyl (C=O) groups excluding carboxylic acids is 3. The second-order valence-electron chi connectivity index (χ2n) is 8.47. The van der Waals surface area contributed by atoms with E-state index in [4.69, 9.17) is 23.2 Å². The smallest absolute Gasteiger partial charge is 0.268 e. The van der Waals surface area contributed by atoms with Gasteiger partial charge >= 0.3 is 0 Å². The van der Waals surface area contributed by atoms with Crippen molar-refractivity contribution in [2.45, 2.75) is 25.4 Å². The van der Waals surface area contributed by atoms with Crippen LogP contribution in [-0.2, 0) is 16.0 Å². The molecule has 0 saturated carbocycles. The van der Waals surface area contributed by atoms with E-state index in [2.05, 4.69) is 28.3 Å². The lowest BCUT2D eigenvalue weighted by Gasteiger charge is -2.25. The molecule has 5 rings (SSSR count). The van der Waals surface area contributed by atoms with Crippen molar-refractivity contribution in [1.29, 1.82) is 0 Å². The Hall–Kier alpha value is -2.71. The van der Waals surface area contributed by atoms with Crippen LogP contribution in [0.5, 0.6) is 0 Å². The third-order valence-electron chi connectivity index (χ3n) is 6.42. The van der Waals surface area contributed by atoms with Crippen molar-refractivity contribution >= 4 is 62.5 Å². The number of imide groups is 1. The molecule has 0 aliphatic carbocycles. The summed E-state index contributed by atoms with van der Waals surface area (Å²) in [6.45, 7) is 2.06. The third kappa shape index (κ3) is 4.16. The number of aryl methyl sites for hydroxylation is 1. The fraction of sp³-hybridized carbons (Fsp3) is 0.192. The molecule has 2 aliphatic rings. The quantitative estimate of drug-likeness (QED) is 0.414. The predicted octanol–water partition coefficient (Wildman–Crippen LogP) is 5.58. The summed E-state index contributed by atoms with van der Waals surface area (Å²) in [5.74, 6) is -2.17. The first-order chi connectivity index (χ1) is 16.8. The highest BCUT2D eigenvalue weighted by atomic mass is 79.9. The summed E-state index contributed by atoms with van der Waals surface area (Å²) in [5, 5.41) is 1.86. The lowest BCUT2D eigenvalue weighted by molar-refractivity contribution is -0.123. The molecular weight excluding hydrogens is 553 g/mol. The molecule has 3 aromatic rings. The van der Waals surface area contributed by atoms with Gasteiger partial charge in [0.05, 0.1) is 22.7 Å². The summed E-state index contributed by atoms with van der Waals surface area (Å²) in [4.78, 5) is 42.0. The second-order valence-corrected chi connectivity index (χ2v) is 10.2. The average Bonchev–Trinajstić information content (AvgIpc) is 3.36. The Kier molecular flexibility index (Phi) is 6.44. The number of fused-ring (bicyclic) bond motifs is 1. The minimum Gasteiger partial charge on any atom is -0.274 e. The highest BCUT2D eigenvalue weighted by Gasteiger charge is 2.60. The number of carbonyl (C=O) groups is 3. The van der Waals surface area contributed by atoms with Gasteiger partial charge in [-0.15, -0.1) is 0 Å². The Labute approximate surface area is 220 Å². The molecule has 2 aliphatic heterocycles. The minimum absolute atomic E-state index is 0.181. The Bertz CT molecular complexity index is 1350. The highest BCUT2D eigenvalue weighted by molar-refractivity contribution is 9.10. The maximum absolute atomic E-state index is 13.7. The molecule has 1 N–H and O–H groups in total. The van der Waals surface area contributed by atoms with Gasteiger partial charge in [0.25, 0.3) is 11.8 Å². The molecule has 3 unspecified atom stereocenters. The molecule has 0 aromatic heterocycles. The zero-order chi connectivity index (χ0) is 24.9.